The van der Waals surface area contributed by atoms with Crippen LogP contribution >= 0.6 is 0 Å². The summed E-state index contributed by atoms with van der Waals surface area (Å²) in [7, 11) is 0. The normalized spacial score (nSPS) is 18.7. The zero-order valence-electron chi connectivity index (χ0n) is 17.8. The number of ether oxygens (including phenoxy) is 1. The molecular formula is C23H25FN2O5. The van der Waals surface area contributed by atoms with E-state index in [1.807, 2.05) is 0 Å². The molecule has 3 rings (SSSR count). The van der Waals surface area contributed by atoms with Gasteiger partial charge in [0.05, 0.1) is 12.3 Å². The van der Waals surface area contributed by atoms with Crippen LogP contribution in [0.4, 0.5) is 15.8 Å². The van der Waals surface area contributed by atoms with E-state index in [4.69, 9.17) is 4.74 Å². The Labute approximate surface area is 179 Å². The molecule has 1 amide bonds. The number of hydrogen-bond acceptors (Lipinski definition) is 6. The van der Waals surface area contributed by atoms with Gasteiger partial charge in [0.1, 0.15) is 5.82 Å². The highest BCUT2D eigenvalue weighted by Crippen LogP contribution is 2.46. The van der Waals surface area contributed by atoms with E-state index in [0.717, 1.165) is 12.1 Å². The van der Waals surface area contributed by atoms with Gasteiger partial charge in [0.15, 0.2) is 17.4 Å². The fourth-order valence-electron chi connectivity index (χ4n) is 3.94. The molecule has 1 heterocycles. The monoisotopic (exact) mass is 428 g/mol. The topological polar surface area (TPSA) is 95.9 Å². The number of nitrogens with one attached hydrogen (secondary N) is 1. The Balaban J connectivity index is 2.29. The minimum absolute atomic E-state index is 0.00559. The number of carbonyl (C=O) groups is 3. The number of aliphatic hydroxyl groups is 1. The summed E-state index contributed by atoms with van der Waals surface area (Å²) in [6, 6.07) is 9.89. The molecule has 1 aliphatic heterocycles. The highest BCUT2D eigenvalue weighted by atomic mass is 19.1. The summed E-state index contributed by atoms with van der Waals surface area (Å²) < 4.78 is 19.1. The van der Waals surface area contributed by atoms with E-state index in [1.54, 1.807) is 45.0 Å². The number of rotatable bonds is 7. The van der Waals surface area contributed by atoms with Crippen LogP contribution in [0.5, 0.6) is 0 Å². The third kappa shape index (κ3) is 3.67. The first kappa shape index (κ1) is 22.4. The van der Waals surface area contributed by atoms with Crippen LogP contribution < -0.4 is 10.2 Å². The van der Waals surface area contributed by atoms with Gasteiger partial charge in [-0.1, -0.05) is 18.2 Å². The van der Waals surface area contributed by atoms with Gasteiger partial charge in [-0.15, -0.1) is 0 Å². The molecule has 0 saturated heterocycles. The summed E-state index contributed by atoms with van der Waals surface area (Å²) in [5.74, 6) is -2.64. The van der Waals surface area contributed by atoms with Crippen molar-refractivity contribution in [2.45, 2.75) is 45.4 Å². The zero-order valence-corrected chi connectivity index (χ0v) is 17.8. The molecule has 2 atom stereocenters. The van der Waals surface area contributed by atoms with Crippen molar-refractivity contribution in [1.29, 1.82) is 0 Å². The smallest absolute Gasteiger partial charge is 0.338 e. The Morgan fingerprint density at radius 2 is 1.90 bits per heavy atom. The summed E-state index contributed by atoms with van der Waals surface area (Å²) in [4.78, 5) is 40.0. The molecule has 2 aromatic carbocycles. The van der Waals surface area contributed by atoms with E-state index < -0.39 is 29.3 Å². The third-order valence-electron chi connectivity index (χ3n) is 5.27. The Kier molecular flexibility index (Phi) is 6.13. The Bertz CT molecular complexity index is 1040. The number of hydrogen-bond donors (Lipinski definition) is 2. The molecule has 7 nitrogen and oxygen atoms in total. The van der Waals surface area contributed by atoms with Gasteiger partial charge in [-0.05, 0) is 52.0 Å². The number of benzene rings is 2. The summed E-state index contributed by atoms with van der Waals surface area (Å²) in [5.41, 5.74) is -1.08. The Hall–Kier alpha value is -3.26. The highest BCUT2D eigenvalue weighted by Gasteiger charge is 2.59. The van der Waals surface area contributed by atoms with E-state index in [-0.39, 0.29) is 29.7 Å². The number of esters is 1. The largest absolute Gasteiger partial charge is 0.464 e. The molecule has 8 heteroatoms. The van der Waals surface area contributed by atoms with Crippen LogP contribution in [0.3, 0.4) is 0 Å². The molecule has 0 aromatic heterocycles. The Morgan fingerprint density at radius 1 is 1.23 bits per heavy atom. The summed E-state index contributed by atoms with van der Waals surface area (Å²) in [6.45, 7) is 6.47. The van der Waals surface area contributed by atoms with Crippen LogP contribution in [0.15, 0.2) is 42.5 Å². The summed E-state index contributed by atoms with van der Waals surface area (Å²) in [5, 5.41) is 14.0. The van der Waals surface area contributed by atoms with Crippen molar-refractivity contribution in [3.8, 4) is 0 Å². The number of nitrogens with zero attached hydrogens (tertiary/aromatic N) is 1. The standard InChI is InChI=1S/C23H25FN2O5/c1-5-31-21(29)20(28)23(25-18-12-15(24)10-11-16(18)14(4)27)17-8-6-7-9-19(17)26(13(2)3)22(23)30/h6-13,20,25,28H,5H2,1-4H3/t20-,23+/m1/s1. The quantitative estimate of drug-likeness (QED) is 0.520. The first-order chi connectivity index (χ1) is 14.6. The van der Waals surface area contributed by atoms with Gasteiger partial charge in [0, 0.05) is 22.9 Å². The number of para-hydroxylation sites is 1. The van der Waals surface area contributed by atoms with E-state index in [1.165, 1.54) is 17.9 Å². The van der Waals surface area contributed by atoms with Crippen LogP contribution in [-0.4, -0.2) is 41.5 Å². The van der Waals surface area contributed by atoms with Crippen LogP contribution in [0.25, 0.3) is 0 Å². The Morgan fingerprint density at radius 3 is 2.52 bits per heavy atom. The predicted molar refractivity (Wildman–Crippen MR) is 113 cm³/mol. The molecule has 0 bridgehead atoms. The molecule has 0 spiro atoms. The second-order valence-electron chi connectivity index (χ2n) is 7.62. The highest BCUT2D eigenvalue weighted by molar-refractivity contribution is 6.13. The fraction of sp³-hybridized carbons (Fsp3) is 0.348. The number of Topliss-reactive ketones (excluding diaryl/α,β-unsaturated/α-hetero) is 1. The number of fused-ring (bicyclic) bond motifs is 1. The lowest BCUT2D eigenvalue weighted by atomic mass is 9.84. The van der Waals surface area contributed by atoms with Crippen LogP contribution in [0.2, 0.25) is 0 Å². The second-order valence-corrected chi connectivity index (χ2v) is 7.62. The lowest BCUT2D eigenvalue weighted by Gasteiger charge is -2.35. The number of carbonyl (C=O) groups excluding carboxylic acids is 3. The maximum Gasteiger partial charge on any atom is 0.338 e. The van der Waals surface area contributed by atoms with Crippen molar-refractivity contribution < 1.29 is 28.6 Å². The number of halogens is 1. The number of ketones is 1. The zero-order chi connectivity index (χ0) is 22.9. The molecular weight excluding hydrogens is 403 g/mol. The van der Waals surface area contributed by atoms with E-state index in [9.17, 15) is 23.9 Å². The van der Waals surface area contributed by atoms with Crippen molar-refractivity contribution in [1.82, 2.24) is 0 Å². The molecule has 2 N–H and O–H groups in total. The van der Waals surface area contributed by atoms with Gasteiger partial charge in [-0.25, -0.2) is 9.18 Å². The molecule has 2 aromatic rings. The van der Waals surface area contributed by atoms with Crippen LogP contribution in [0, 0.1) is 5.82 Å². The van der Waals surface area contributed by atoms with Gasteiger partial charge in [0.25, 0.3) is 5.91 Å². The lowest BCUT2D eigenvalue weighted by Crippen LogP contribution is -2.58. The first-order valence-electron chi connectivity index (χ1n) is 10.0. The first-order valence-corrected chi connectivity index (χ1v) is 10.0. The van der Waals surface area contributed by atoms with Crippen LogP contribution in [0.1, 0.15) is 43.6 Å². The molecule has 0 aliphatic carbocycles. The minimum Gasteiger partial charge on any atom is -0.464 e. The number of amides is 1. The van der Waals surface area contributed by atoms with Gasteiger partial charge >= 0.3 is 5.97 Å². The summed E-state index contributed by atoms with van der Waals surface area (Å²) >= 11 is 0. The van der Waals surface area contributed by atoms with Crippen molar-refractivity contribution in [2.24, 2.45) is 0 Å². The van der Waals surface area contributed by atoms with Gasteiger partial charge in [0.2, 0.25) is 0 Å². The average Bonchev–Trinajstić information content (AvgIpc) is 2.96. The van der Waals surface area contributed by atoms with Crippen molar-refractivity contribution >= 4 is 29.0 Å². The maximum atomic E-state index is 14.1. The maximum absolute atomic E-state index is 14.1. The average molecular weight is 428 g/mol. The SMILES string of the molecule is CCOC(=O)[C@@H](O)[C@]1(Nc2cc(F)ccc2C(C)=O)C(=O)N(C(C)C)c2ccccc21. The molecule has 0 unspecified atom stereocenters. The number of aliphatic hydroxyl groups excluding tert-OH is 1. The molecule has 0 radical (unpaired) electrons. The van der Waals surface area contributed by atoms with Gasteiger partial charge < -0.3 is 20.1 Å². The molecule has 1 aliphatic rings. The van der Waals surface area contributed by atoms with E-state index >= 15 is 0 Å². The fourth-order valence-corrected chi connectivity index (χ4v) is 3.94. The lowest BCUT2D eigenvalue weighted by molar-refractivity contribution is -0.159. The molecule has 0 fully saturated rings. The van der Waals surface area contributed by atoms with E-state index in [2.05, 4.69) is 5.32 Å². The van der Waals surface area contributed by atoms with Crippen LogP contribution in [-0.2, 0) is 19.9 Å². The third-order valence-corrected chi connectivity index (χ3v) is 5.27. The van der Waals surface area contributed by atoms with Gasteiger partial charge in [-0.3, -0.25) is 9.59 Å². The van der Waals surface area contributed by atoms with Gasteiger partial charge in [-0.2, -0.15) is 0 Å². The van der Waals surface area contributed by atoms with Crippen molar-refractivity contribution in [3.05, 3.63) is 59.4 Å². The number of anilines is 2. The summed E-state index contributed by atoms with van der Waals surface area (Å²) in [6.07, 6.45) is -1.95. The molecule has 0 saturated carbocycles. The van der Waals surface area contributed by atoms with E-state index in [0.29, 0.717) is 11.3 Å². The molecule has 31 heavy (non-hydrogen) atoms. The van der Waals surface area contributed by atoms with Crippen molar-refractivity contribution in [2.75, 3.05) is 16.8 Å². The second kappa shape index (κ2) is 8.47. The van der Waals surface area contributed by atoms with Crippen molar-refractivity contribution in [3.63, 3.8) is 0 Å². The minimum atomic E-state index is -2.01. The molecule has 164 valence electrons. The predicted octanol–water partition coefficient (Wildman–Crippen LogP) is 3.01.